The molecule has 1 aliphatic heterocycles. The van der Waals surface area contributed by atoms with E-state index < -0.39 is 0 Å². The highest BCUT2D eigenvalue weighted by molar-refractivity contribution is 5.69. The van der Waals surface area contributed by atoms with Crippen molar-refractivity contribution in [1.82, 2.24) is 4.90 Å². The van der Waals surface area contributed by atoms with Crippen molar-refractivity contribution in [3.8, 4) is 0 Å². The van der Waals surface area contributed by atoms with E-state index in [1.165, 1.54) is 12.7 Å². The average Bonchev–Trinajstić information content (AvgIpc) is 2.33. The molecule has 98 valence electrons. The predicted molar refractivity (Wildman–Crippen MR) is 69.9 cm³/mol. The third kappa shape index (κ3) is 3.24. The third-order valence-corrected chi connectivity index (χ3v) is 3.94. The van der Waals surface area contributed by atoms with Crippen molar-refractivity contribution >= 4 is 6.09 Å². The fraction of sp³-hybridized carbons (Fsp3) is 0.786. The van der Waals surface area contributed by atoms with E-state index in [1.807, 2.05) is 4.90 Å². The van der Waals surface area contributed by atoms with Crippen molar-refractivity contribution in [3.05, 3.63) is 11.6 Å². The number of amides is 1. The molecule has 3 heteroatoms. The molecule has 0 aromatic carbocycles. The number of rotatable bonds is 3. The van der Waals surface area contributed by atoms with Crippen molar-refractivity contribution in [2.75, 3.05) is 7.11 Å². The van der Waals surface area contributed by atoms with Gasteiger partial charge in [0.2, 0.25) is 0 Å². The van der Waals surface area contributed by atoms with Crippen LogP contribution in [0.2, 0.25) is 0 Å². The van der Waals surface area contributed by atoms with Crippen LogP contribution in [-0.2, 0) is 4.74 Å². The van der Waals surface area contributed by atoms with E-state index >= 15 is 0 Å². The van der Waals surface area contributed by atoms with Crippen LogP contribution in [0.3, 0.4) is 0 Å². The van der Waals surface area contributed by atoms with E-state index in [-0.39, 0.29) is 18.2 Å². The van der Waals surface area contributed by atoms with E-state index in [2.05, 4.69) is 33.8 Å². The quantitative estimate of drug-likeness (QED) is 0.704. The van der Waals surface area contributed by atoms with Gasteiger partial charge in [-0.2, -0.15) is 0 Å². The summed E-state index contributed by atoms with van der Waals surface area (Å²) < 4.78 is 4.91. The summed E-state index contributed by atoms with van der Waals surface area (Å²) in [6, 6.07) is 0.446. The van der Waals surface area contributed by atoms with Gasteiger partial charge in [0, 0.05) is 6.04 Å². The Bertz CT molecular complexity index is 299. The molecule has 0 saturated carbocycles. The lowest BCUT2D eigenvalue weighted by atomic mass is 9.90. The van der Waals surface area contributed by atoms with Gasteiger partial charge < -0.3 is 4.74 Å². The third-order valence-electron chi connectivity index (χ3n) is 3.94. The van der Waals surface area contributed by atoms with E-state index in [0.29, 0.717) is 5.92 Å². The van der Waals surface area contributed by atoms with Gasteiger partial charge in [0.05, 0.1) is 13.2 Å². The lowest BCUT2D eigenvalue weighted by Crippen LogP contribution is -2.49. The minimum atomic E-state index is -0.196. The fourth-order valence-corrected chi connectivity index (χ4v) is 2.40. The monoisotopic (exact) mass is 239 g/mol. The highest BCUT2D eigenvalue weighted by Crippen LogP contribution is 2.28. The second-order valence-corrected chi connectivity index (χ2v) is 5.14. The number of methoxy groups -OCH3 is 1. The molecule has 0 saturated heterocycles. The van der Waals surface area contributed by atoms with Crippen molar-refractivity contribution in [3.63, 3.8) is 0 Å². The molecule has 0 bridgehead atoms. The van der Waals surface area contributed by atoms with Crippen LogP contribution in [-0.4, -0.2) is 30.2 Å². The zero-order valence-corrected chi connectivity index (χ0v) is 11.7. The Morgan fingerprint density at radius 1 is 1.65 bits per heavy atom. The molecular formula is C14H25NO2. The summed E-state index contributed by atoms with van der Waals surface area (Å²) >= 11 is 0. The van der Waals surface area contributed by atoms with Crippen molar-refractivity contribution < 1.29 is 9.53 Å². The molecule has 1 rings (SSSR count). The Labute approximate surface area is 105 Å². The second-order valence-electron chi connectivity index (χ2n) is 5.14. The fourth-order valence-electron chi connectivity index (χ4n) is 2.40. The van der Waals surface area contributed by atoms with Gasteiger partial charge in [0.1, 0.15) is 0 Å². The molecule has 1 heterocycles. The lowest BCUT2D eigenvalue weighted by Gasteiger charge is -2.40. The Balaban J connectivity index is 2.83. The van der Waals surface area contributed by atoms with Gasteiger partial charge >= 0.3 is 6.09 Å². The molecule has 0 N–H and O–H groups in total. The molecule has 0 radical (unpaired) electrons. The highest BCUT2D eigenvalue weighted by atomic mass is 16.5. The molecule has 3 atom stereocenters. The van der Waals surface area contributed by atoms with E-state index in [4.69, 9.17) is 4.74 Å². The molecule has 3 nitrogen and oxygen atoms in total. The molecule has 0 aromatic heterocycles. The Morgan fingerprint density at radius 2 is 2.29 bits per heavy atom. The maximum absolute atomic E-state index is 11.9. The summed E-state index contributed by atoms with van der Waals surface area (Å²) in [6.07, 6.45) is 5.23. The number of hydrogen-bond acceptors (Lipinski definition) is 2. The SMILES string of the molecule is CCC(C)CC1CC=C(C)C(C)N1C(=O)OC. The van der Waals surface area contributed by atoms with Gasteiger partial charge in [-0.05, 0) is 32.6 Å². The molecule has 0 aromatic rings. The lowest BCUT2D eigenvalue weighted by molar-refractivity contribution is 0.0817. The molecule has 17 heavy (non-hydrogen) atoms. The maximum atomic E-state index is 11.9. The summed E-state index contributed by atoms with van der Waals surface area (Å²) in [4.78, 5) is 13.8. The van der Waals surface area contributed by atoms with Crippen LogP contribution in [0.5, 0.6) is 0 Å². The number of nitrogens with zero attached hydrogens (tertiary/aromatic N) is 1. The first-order chi connectivity index (χ1) is 8.01. The molecule has 1 aliphatic rings. The number of carbonyl (C=O) groups excluding carboxylic acids is 1. The summed E-state index contributed by atoms with van der Waals surface area (Å²) in [6.45, 7) is 8.59. The van der Waals surface area contributed by atoms with Crippen LogP contribution in [0.25, 0.3) is 0 Å². The first-order valence-corrected chi connectivity index (χ1v) is 6.54. The molecule has 3 unspecified atom stereocenters. The minimum absolute atomic E-state index is 0.158. The average molecular weight is 239 g/mol. The summed E-state index contributed by atoms with van der Waals surface area (Å²) in [7, 11) is 1.46. The molecule has 0 spiro atoms. The number of ether oxygens (including phenoxy) is 1. The largest absolute Gasteiger partial charge is 0.453 e. The summed E-state index contributed by atoms with van der Waals surface area (Å²) in [5.74, 6) is 0.645. The van der Waals surface area contributed by atoms with Gasteiger partial charge in [-0.3, -0.25) is 4.90 Å². The van der Waals surface area contributed by atoms with Crippen LogP contribution in [0, 0.1) is 5.92 Å². The first-order valence-electron chi connectivity index (χ1n) is 6.54. The van der Waals surface area contributed by atoms with Crippen molar-refractivity contribution in [1.29, 1.82) is 0 Å². The summed E-state index contributed by atoms with van der Waals surface area (Å²) in [5.41, 5.74) is 1.26. The first kappa shape index (κ1) is 14.1. The van der Waals surface area contributed by atoms with Gasteiger partial charge in [-0.25, -0.2) is 4.79 Å². The van der Waals surface area contributed by atoms with Crippen LogP contribution < -0.4 is 0 Å². The summed E-state index contributed by atoms with van der Waals surface area (Å²) in [5, 5.41) is 0. The molecule has 1 amide bonds. The maximum Gasteiger partial charge on any atom is 0.410 e. The van der Waals surface area contributed by atoms with Crippen LogP contribution in [0.4, 0.5) is 4.79 Å². The van der Waals surface area contributed by atoms with E-state index in [9.17, 15) is 4.79 Å². The van der Waals surface area contributed by atoms with Crippen molar-refractivity contribution in [2.24, 2.45) is 5.92 Å². The minimum Gasteiger partial charge on any atom is -0.453 e. The standard InChI is InChI=1S/C14H25NO2/c1-6-10(2)9-13-8-7-11(3)12(4)15(13)14(16)17-5/h7,10,12-13H,6,8-9H2,1-5H3. The van der Waals surface area contributed by atoms with Crippen molar-refractivity contribution in [2.45, 2.75) is 59.0 Å². The Morgan fingerprint density at radius 3 is 2.82 bits per heavy atom. The van der Waals surface area contributed by atoms with Crippen LogP contribution in [0.1, 0.15) is 47.0 Å². The van der Waals surface area contributed by atoms with Gasteiger partial charge in [0.25, 0.3) is 0 Å². The van der Waals surface area contributed by atoms with E-state index in [0.717, 1.165) is 19.3 Å². The van der Waals surface area contributed by atoms with Crippen LogP contribution in [0.15, 0.2) is 11.6 Å². The number of carbonyl (C=O) groups is 1. The number of hydrogen-bond donors (Lipinski definition) is 0. The molecule has 0 aliphatic carbocycles. The Hall–Kier alpha value is -0.990. The topological polar surface area (TPSA) is 29.5 Å². The van der Waals surface area contributed by atoms with Gasteiger partial charge in [-0.15, -0.1) is 0 Å². The smallest absolute Gasteiger partial charge is 0.410 e. The zero-order valence-electron chi connectivity index (χ0n) is 11.7. The predicted octanol–water partition coefficient (Wildman–Crippen LogP) is 3.60. The van der Waals surface area contributed by atoms with Crippen LogP contribution >= 0.6 is 0 Å². The zero-order chi connectivity index (χ0) is 13.0. The second kappa shape index (κ2) is 6.08. The van der Waals surface area contributed by atoms with E-state index in [1.54, 1.807) is 0 Å². The normalized spacial score (nSPS) is 26.4. The molecular weight excluding hydrogens is 214 g/mol. The molecule has 0 fully saturated rings. The Kier molecular flexibility index (Phi) is 5.03. The van der Waals surface area contributed by atoms with Gasteiger partial charge in [-0.1, -0.05) is 31.9 Å². The van der Waals surface area contributed by atoms with Gasteiger partial charge in [0.15, 0.2) is 0 Å². The highest BCUT2D eigenvalue weighted by Gasteiger charge is 2.32.